The maximum atomic E-state index is 11.1. The lowest BCUT2D eigenvalue weighted by atomic mass is 10.1. The molecule has 1 aromatic heterocycles. The number of aromatic nitrogens is 1. The van der Waals surface area contributed by atoms with Crippen molar-refractivity contribution in [2.75, 3.05) is 18.6 Å². The number of hydrogen-bond donors (Lipinski definition) is 0. The molecule has 0 unspecified atom stereocenters. The predicted molar refractivity (Wildman–Crippen MR) is 78.0 cm³/mol. The molecule has 4 nitrogen and oxygen atoms in total. The van der Waals surface area contributed by atoms with Crippen LogP contribution >= 0.6 is 11.3 Å². The van der Waals surface area contributed by atoms with Gasteiger partial charge in [-0.1, -0.05) is 25.2 Å². The first-order chi connectivity index (χ1) is 9.15. The second-order valence-electron chi connectivity index (χ2n) is 5.47. The summed E-state index contributed by atoms with van der Waals surface area (Å²) in [6.07, 6.45) is 4.54. The molecule has 1 heterocycles. The zero-order valence-electron chi connectivity index (χ0n) is 11.9. The molecule has 0 N–H and O–H groups in total. The first kappa shape index (κ1) is 14.5. The smallest absolute Gasteiger partial charge is 0.186 e. The van der Waals surface area contributed by atoms with Gasteiger partial charge in [0.05, 0.1) is 17.2 Å². The first-order valence-corrected chi connectivity index (χ1v) is 7.67. The summed E-state index contributed by atoms with van der Waals surface area (Å²) in [6.45, 7) is 5.91. The van der Waals surface area contributed by atoms with Gasteiger partial charge in [0, 0.05) is 19.7 Å². The maximum Gasteiger partial charge on any atom is 0.186 e. The minimum absolute atomic E-state index is 0.410. The van der Waals surface area contributed by atoms with Gasteiger partial charge in [-0.15, -0.1) is 0 Å². The molecule has 0 aromatic carbocycles. The van der Waals surface area contributed by atoms with Crippen molar-refractivity contribution >= 4 is 22.8 Å². The van der Waals surface area contributed by atoms with Crippen molar-refractivity contribution in [3.8, 4) is 0 Å². The lowest BCUT2D eigenvalue weighted by Gasteiger charge is -2.22. The Labute approximate surface area is 118 Å². The third kappa shape index (κ3) is 3.76. The van der Waals surface area contributed by atoms with Crippen molar-refractivity contribution in [2.45, 2.75) is 45.8 Å². The normalized spacial score (nSPS) is 14.9. The van der Waals surface area contributed by atoms with Gasteiger partial charge in [-0.2, -0.15) is 0 Å². The molecule has 0 atom stereocenters. The number of ether oxygens (including phenoxy) is 1. The maximum absolute atomic E-state index is 11.1. The molecule has 1 saturated carbocycles. The van der Waals surface area contributed by atoms with E-state index in [9.17, 15) is 4.79 Å². The van der Waals surface area contributed by atoms with Crippen LogP contribution in [0.25, 0.3) is 0 Å². The molecule has 1 aromatic rings. The van der Waals surface area contributed by atoms with E-state index in [1.54, 1.807) is 7.11 Å². The fourth-order valence-electron chi connectivity index (χ4n) is 2.02. The number of thiazole rings is 1. The molecule has 1 fully saturated rings. The summed E-state index contributed by atoms with van der Waals surface area (Å²) >= 11 is 1.49. The van der Waals surface area contributed by atoms with Crippen molar-refractivity contribution in [3.05, 3.63) is 10.6 Å². The molecule has 5 heteroatoms. The van der Waals surface area contributed by atoms with Crippen molar-refractivity contribution in [1.82, 2.24) is 4.98 Å². The average Bonchev–Trinajstić information content (AvgIpc) is 3.12. The summed E-state index contributed by atoms with van der Waals surface area (Å²) in [5.74, 6) is 0.685. The Morgan fingerprint density at radius 2 is 2.26 bits per heavy atom. The molecule has 1 aliphatic carbocycles. The largest absolute Gasteiger partial charge is 0.378 e. The topological polar surface area (TPSA) is 42.4 Å². The van der Waals surface area contributed by atoms with Gasteiger partial charge in [0.1, 0.15) is 0 Å². The standard InChI is InChI=1S/C14H22N2O2S/c1-10(2)6-7-16(11-4-5-11)14-15-12(9-18-3)13(8-17)19-14/h8,10-11H,4-7,9H2,1-3H3. The van der Waals surface area contributed by atoms with Gasteiger partial charge in [0.25, 0.3) is 0 Å². The highest BCUT2D eigenvalue weighted by Gasteiger charge is 2.31. The molecule has 19 heavy (non-hydrogen) atoms. The molecule has 1 aliphatic rings. The van der Waals surface area contributed by atoms with Crippen LogP contribution in [0, 0.1) is 5.92 Å². The van der Waals surface area contributed by atoms with Gasteiger partial charge in [-0.05, 0) is 25.2 Å². The van der Waals surface area contributed by atoms with Crippen LogP contribution < -0.4 is 4.90 Å². The van der Waals surface area contributed by atoms with Crippen LogP contribution in [0.15, 0.2) is 0 Å². The Bertz CT molecular complexity index is 427. The van der Waals surface area contributed by atoms with Gasteiger partial charge < -0.3 is 9.64 Å². The molecule has 0 spiro atoms. The summed E-state index contributed by atoms with van der Waals surface area (Å²) in [5, 5.41) is 0.984. The number of aldehydes is 1. The first-order valence-electron chi connectivity index (χ1n) is 6.86. The number of carbonyl (C=O) groups excluding carboxylic acids is 1. The molecule has 0 amide bonds. The van der Waals surface area contributed by atoms with Gasteiger partial charge >= 0.3 is 0 Å². The lowest BCUT2D eigenvalue weighted by molar-refractivity contribution is 0.112. The third-order valence-corrected chi connectivity index (χ3v) is 4.35. The number of anilines is 1. The molecule has 0 radical (unpaired) electrons. The molecule has 0 saturated heterocycles. The summed E-state index contributed by atoms with van der Waals surface area (Å²) in [7, 11) is 1.63. The van der Waals surface area contributed by atoms with E-state index in [0.29, 0.717) is 23.4 Å². The Morgan fingerprint density at radius 1 is 1.53 bits per heavy atom. The van der Waals surface area contributed by atoms with Gasteiger partial charge in [0.2, 0.25) is 0 Å². The fourth-order valence-corrected chi connectivity index (χ4v) is 3.00. The Hall–Kier alpha value is -0.940. The van der Waals surface area contributed by atoms with Crippen LogP contribution in [0.1, 0.15) is 48.5 Å². The van der Waals surface area contributed by atoms with Crippen molar-refractivity contribution in [3.63, 3.8) is 0 Å². The van der Waals surface area contributed by atoms with Crippen LogP contribution in [-0.2, 0) is 11.3 Å². The highest BCUT2D eigenvalue weighted by molar-refractivity contribution is 7.17. The quantitative estimate of drug-likeness (QED) is 0.687. The van der Waals surface area contributed by atoms with Crippen LogP contribution in [0.2, 0.25) is 0 Å². The van der Waals surface area contributed by atoms with Gasteiger partial charge in [0.15, 0.2) is 11.4 Å². The zero-order chi connectivity index (χ0) is 13.8. The average molecular weight is 282 g/mol. The number of carbonyl (C=O) groups is 1. The molecule has 2 rings (SSSR count). The minimum atomic E-state index is 0.410. The Balaban J connectivity index is 2.14. The van der Waals surface area contributed by atoms with Gasteiger partial charge in [-0.25, -0.2) is 4.98 Å². The number of hydrogen-bond acceptors (Lipinski definition) is 5. The van der Waals surface area contributed by atoms with E-state index in [0.717, 1.165) is 30.1 Å². The van der Waals surface area contributed by atoms with E-state index in [2.05, 4.69) is 23.7 Å². The molecular weight excluding hydrogens is 260 g/mol. The number of rotatable bonds is 8. The number of nitrogens with zero attached hydrogens (tertiary/aromatic N) is 2. The van der Waals surface area contributed by atoms with Crippen LogP contribution in [-0.4, -0.2) is 31.0 Å². The highest BCUT2D eigenvalue weighted by atomic mass is 32.1. The summed E-state index contributed by atoms with van der Waals surface area (Å²) in [6, 6.07) is 0.625. The SMILES string of the molecule is COCc1nc(N(CCC(C)C)C2CC2)sc1C=O. The van der Waals surface area contributed by atoms with Crippen LogP contribution in [0.3, 0.4) is 0 Å². The second-order valence-corrected chi connectivity index (χ2v) is 6.47. The van der Waals surface area contributed by atoms with E-state index in [1.165, 1.54) is 24.2 Å². The lowest BCUT2D eigenvalue weighted by Crippen LogP contribution is -2.27. The Kier molecular flexibility index (Phi) is 4.93. The fraction of sp³-hybridized carbons (Fsp3) is 0.714. The third-order valence-electron chi connectivity index (χ3n) is 3.29. The van der Waals surface area contributed by atoms with Crippen molar-refractivity contribution < 1.29 is 9.53 Å². The highest BCUT2D eigenvalue weighted by Crippen LogP contribution is 2.35. The summed E-state index contributed by atoms with van der Waals surface area (Å²) in [4.78, 5) is 18.8. The summed E-state index contributed by atoms with van der Waals surface area (Å²) < 4.78 is 5.10. The monoisotopic (exact) mass is 282 g/mol. The van der Waals surface area contributed by atoms with E-state index in [1.807, 2.05) is 0 Å². The summed E-state index contributed by atoms with van der Waals surface area (Å²) in [5.41, 5.74) is 0.771. The van der Waals surface area contributed by atoms with E-state index in [-0.39, 0.29) is 0 Å². The molecule has 0 aliphatic heterocycles. The van der Waals surface area contributed by atoms with Crippen molar-refractivity contribution in [1.29, 1.82) is 0 Å². The van der Waals surface area contributed by atoms with E-state index < -0.39 is 0 Å². The molecule has 0 bridgehead atoms. The van der Waals surface area contributed by atoms with Gasteiger partial charge in [-0.3, -0.25) is 4.79 Å². The van der Waals surface area contributed by atoms with Crippen molar-refractivity contribution in [2.24, 2.45) is 5.92 Å². The predicted octanol–water partition coefficient (Wildman–Crippen LogP) is 3.12. The second kappa shape index (κ2) is 6.48. The minimum Gasteiger partial charge on any atom is -0.378 e. The van der Waals surface area contributed by atoms with Crippen LogP contribution in [0.4, 0.5) is 5.13 Å². The Morgan fingerprint density at radius 3 is 2.79 bits per heavy atom. The molecule has 106 valence electrons. The van der Waals surface area contributed by atoms with Crippen LogP contribution in [0.5, 0.6) is 0 Å². The van der Waals surface area contributed by atoms with E-state index in [4.69, 9.17) is 4.74 Å². The number of methoxy groups -OCH3 is 1. The molecular formula is C14H22N2O2S. The zero-order valence-corrected chi connectivity index (χ0v) is 12.7. The van der Waals surface area contributed by atoms with E-state index >= 15 is 0 Å².